The van der Waals surface area contributed by atoms with Crippen molar-refractivity contribution in [3.63, 3.8) is 0 Å². The molecule has 0 aliphatic rings. The van der Waals surface area contributed by atoms with Gasteiger partial charge in [0.15, 0.2) is 5.96 Å². The molecule has 0 atom stereocenters. The van der Waals surface area contributed by atoms with Gasteiger partial charge in [-0.15, -0.1) is 11.3 Å². The van der Waals surface area contributed by atoms with Crippen LogP contribution in [0.4, 0.5) is 0 Å². The zero-order valence-corrected chi connectivity index (χ0v) is 15.0. The van der Waals surface area contributed by atoms with Crippen LogP contribution in [0.3, 0.4) is 0 Å². The Morgan fingerprint density at radius 1 is 1.32 bits per heavy atom. The van der Waals surface area contributed by atoms with Gasteiger partial charge in [-0.25, -0.2) is 4.98 Å². The molecular weight excluding hydrogens is 364 g/mol. The number of ether oxygens (including phenoxy) is 1. The van der Waals surface area contributed by atoms with Crippen LogP contribution in [0.25, 0.3) is 0 Å². The lowest BCUT2D eigenvalue weighted by Crippen LogP contribution is -2.38. The van der Waals surface area contributed by atoms with Gasteiger partial charge in [0.2, 0.25) is 0 Å². The van der Waals surface area contributed by atoms with Crippen molar-refractivity contribution in [2.24, 2.45) is 4.99 Å². The number of nitrogens with one attached hydrogen (secondary N) is 2. The summed E-state index contributed by atoms with van der Waals surface area (Å²) in [5.41, 5.74) is 0. The number of nitrogens with zero attached hydrogens (tertiary/aromatic N) is 2. The van der Waals surface area contributed by atoms with E-state index in [9.17, 15) is 0 Å². The number of benzene rings is 1. The molecule has 0 saturated heterocycles. The van der Waals surface area contributed by atoms with E-state index in [1.165, 1.54) is 4.88 Å². The average molecular weight is 383 g/mol. The minimum atomic E-state index is 0.568. The highest BCUT2D eigenvalue weighted by Crippen LogP contribution is 2.15. The number of aromatic nitrogens is 1. The lowest BCUT2D eigenvalue weighted by Gasteiger charge is -2.11. The molecule has 0 aliphatic carbocycles. The van der Waals surface area contributed by atoms with Crippen LogP contribution in [0.5, 0.6) is 5.75 Å². The number of hydrogen-bond donors (Lipinski definition) is 2. The van der Waals surface area contributed by atoms with Crippen LogP contribution in [0, 0.1) is 6.92 Å². The molecular formula is C15H19BrN4OS. The average Bonchev–Trinajstić information content (AvgIpc) is 2.94. The van der Waals surface area contributed by atoms with E-state index in [-0.39, 0.29) is 0 Å². The van der Waals surface area contributed by atoms with E-state index in [2.05, 4.69) is 36.5 Å². The summed E-state index contributed by atoms with van der Waals surface area (Å²) in [4.78, 5) is 9.70. The molecule has 118 valence electrons. The fourth-order valence-electron chi connectivity index (χ4n) is 1.73. The normalized spacial score (nSPS) is 11.3. The molecule has 0 unspecified atom stereocenters. The van der Waals surface area contributed by atoms with Crippen LogP contribution in [-0.4, -0.2) is 31.1 Å². The predicted octanol–water partition coefficient (Wildman–Crippen LogP) is 2.96. The summed E-state index contributed by atoms with van der Waals surface area (Å²) in [6.45, 7) is 3.96. The van der Waals surface area contributed by atoms with Gasteiger partial charge in [-0.1, -0.05) is 15.9 Å². The molecule has 7 heteroatoms. The second-order valence-corrected chi connectivity index (χ2v) is 6.75. The summed E-state index contributed by atoms with van der Waals surface area (Å²) in [6.07, 6.45) is 1.88. The van der Waals surface area contributed by atoms with Gasteiger partial charge < -0.3 is 15.4 Å². The number of thiazole rings is 1. The van der Waals surface area contributed by atoms with E-state index in [0.29, 0.717) is 19.7 Å². The molecule has 1 heterocycles. The summed E-state index contributed by atoms with van der Waals surface area (Å²) in [7, 11) is 1.75. The van der Waals surface area contributed by atoms with Gasteiger partial charge in [0.1, 0.15) is 17.4 Å². The Hall–Kier alpha value is -1.60. The molecule has 5 nitrogen and oxygen atoms in total. The van der Waals surface area contributed by atoms with Crippen molar-refractivity contribution in [1.29, 1.82) is 0 Å². The van der Waals surface area contributed by atoms with Crippen molar-refractivity contribution < 1.29 is 4.74 Å². The zero-order valence-electron chi connectivity index (χ0n) is 12.6. The van der Waals surface area contributed by atoms with Crippen LogP contribution < -0.4 is 15.4 Å². The van der Waals surface area contributed by atoms with E-state index in [1.807, 2.05) is 37.4 Å². The molecule has 2 N–H and O–H groups in total. The second-order valence-electron chi connectivity index (χ2n) is 4.52. The van der Waals surface area contributed by atoms with Crippen LogP contribution in [0.2, 0.25) is 0 Å². The molecule has 2 aromatic rings. The molecule has 0 amide bonds. The highest BCUT2D eigenvalue weighted by atomic mass is 79.9. The lowest BCUT2D eigenvalue weighted by molar-refractivity contribution is 0.322. The van der Waals surface area contributed by atoms with Crippen LogP contribution in [-0.2, 0) is 6.54 Å². The predicted molar refractivity (Wildman–Crippen MR) is 94.7 cm³/mol. The number of halogens is 1. The van der Waals surface area contributed by atoms with Crippen molar-refractivity contribution in [2.45, 2.75) is 13.5 Å². The summed E-state index contributed by atoms with van der Waals surface area (Å²) in [6, 6.07) is 7.78. The van der Waals surface area contributed by atoms with Crippen LogP contribution >= 0.6 is 27.3 Å². The number of rotatable bonds is 6. The summed E-state index contributed by atoms with van der Waals surface area (Å²) < 4.78 is 6.69. The third-order valence-electron chi connectivity index (χ3n) is 2.78. The van der Waals surface area contributed by atoms with Crippen molar-refractivity contribution >= 4 is 33.2 Å². The van der Waals surface area contributed by atoms with E-state index in [4.69, 9.17) is 4.74 Å². The van der Waals surface area contributed by atoms with Gasteiger partial charge in [0.25, 0.3) is 0 Å². The Morgan fingerprint density at radius 3 is 2.73 bits per heavy atom. The van der Waals surface area contributed by atoms with Gasteiger partial charge in [-0.2, -0.15) is 0 Å². The molecule has 0 aliphatic heterocycles. The Kier molecular flexibility index (Phi) is 6.67. The Balaban J connectivity index is 1.67. The molecule has 0 spiro atoms. The first-order valence-electron chi connectivity index (χ1n) is 6.91. The summed E-state index contributed by atoms with van der Waals surface area (Å²) >= 11 is 5.08. The smallest absolute Gasteiger partial charge is 0.191 e. The van der Waals surface area contributed by atoms with E-state index in [0.717, 1.165) is 21.2 Å². The number of aryl methyl sites for hydroxylation is 1. The van der Waals surface area contributed by atoms with E-state index in [1.54, 1.807) is 18.4 Å². The first-order valence-corrected chi connectivity index (χ1v) is 8.52. The fourth-order valence-corrected chi connectivity index (χ4v) is 2.72. The van der Waals surface area contributed by atoms with Crippen molar-refractivity contribution in [1.82, 2.24) is 15.6 Å². The minimum absolute atomic E-state index is 0.568. The maximum Gasteiger partial charge on any atom is 0.191 e. The third-order valence-corrected chi connectivity index (χ3v) is 4.22. The number of guanidine groups is 1. The molecule has 1 aromatic heterocycles. The van der Waals surface area contributed by atoms with Crippen molar-refractivity contribution in [3.8, 4) is 5.75 Å². The Labute approximate surface area is 143 Å². The van der Waals surface area contributed by atoms with Gasteiger partial charge in [0, 0.05) is 22.6 Å². The largest absolute Gasteiger partial charge is 0.492 e. The van der Waals surface area contributed by atoms with Gasteiger partial charge in [-0.05, 0) is 31.2 Å². The van der Waals surface area contributed by atoms with Gasteiger partial charge >= 0.3 is 0 Å². The fraction of sp³-hybridized carbons (Fsp3) is 0.333. The molecule has 1 aromatic carbocycles. The zero-order chi connectivity index (χ0) is 15.8. The quantitative estimate of drug-likeness (QED) is 0.458. The first-order chi connectivity index (χ1) is 10.7. The number of hydrogen-bond acceptors (Lipinski definition) is 4. The highest BCUT2D eigenvalue weighted by molar-refractivity contribution is 9.10. The van der Waals surface area contributed by atoms with Gasteiger partial charge in [-0.3, -0.25) is 4.99 Å². The van der Waals surface area contributed by atoms with E-state index >= 15 is 0 Å². The maximum atomic E-state index is 5.65. The maximum absolute atomic E-state index is 5.65. The van der Waals surface area contributed by atoms with Crippen molar-refractivity contribution in [2.75, 3.05) is 20.2 Å². The molecule has 22 heavy (non-hydrogen) atoms. The number of aliphatic imine (C=N–C) groups is 1. The van der Waals surface area contributed by atoms with Crippen molar-refractivity contribution in [3.05, 3.63) is 44.8 Å². The molecule has 0 radical (unpaired) electrons. The van der Waals surface area contributed by atoms with Crippen LogP contribution in [0.15, 0.2) is 39.9 Å². The van der Waals surface area contributed by atoms with Gasteiger partial charge in [0.05, 0.1) is 13.1 Å². The summed E-state index contributed by atoms with van der Waals surface area (Å²) in [5, 5.41) is 7.49. The second kappa shape index (κ2) is 8.75. The Bertz CT molecular complexity index is 612. The van der Waals surface area contributed by atoms with Crippen LogP contribution in [0.1, 0.15) is 9.88 Å². The molecule has 2 rings (SSSR count). The van der Waals surface area contributed by atoms with E-state index < -0.39 is 0 Å². The standard InChI is InChI=1S/C15H19BrN4OS/c1-11-9-19-14(22-11)10-20-15(17-2)18-7-8-21-13-5-3-12(16)4-6-13/h3-6,9H,7-8,10H2,1-2H3,(H2,17,18,20). The minimum Gasteiger partial charge on any atom is -0.492 e. The monoisotopic (exact) mass is 382 g/mol. The first kappa shape index (κ1) is 16.8. The lowest BCUT2D eigenvalue weighted by atomic mass is 10.3. The Morgan fingerprint density at radius 2 is 2.09 bits per heavy atom. The highest BCUT2D eigenvalue weighted by Gasteiger charge is 2.01. The molecule has 0 fully saturated rings. The molecule has 0 saturated carbocycles. The third kappa shape index (κ3) is 5.65. The topological polar surface area (TPSA) is 58.5 Å². The SMILES string of the molecule is CN=C(NCCOc1ccc(Br)cc1)NCc1ncc(C)s1. The summed E-state index contributed by atoms with van der Waals surface area (Å²) in [5.74, 6) is 1.60. The molecule has 0 bridgehead atoms.